The summed E-state index contributed by atoms with van der Waals surface area (Å²) >= 11 is 1.49. The predicted octanol–water partition coefficient (Wildman–Crippen LogP) is 4.38. The summed E-state index contributed by atoms with van der Waals surface area (Å²) in [7, 11) is -3.45. The molecule has 8 heteroatoms. The van der Waals surface area contributed by atoms with E-state index >= 15 is 0 Å². The van der Waals surface area contributed by atoms with E-state index in [1.807, 2.05) is 13.8 Å². The Hall–Kier alpha value is -1.30. The van der Waals surface area contributed by atoms with Gasteiger partial charge in [-0.05, 0) is 43.1 Å². The van der Waals surface area contributed by atoms with Crippen molar-refractivity contribution >= 4 is 25.1 Å². The van der Waals surface area contributed by atoms with Crippen LogP contribution in [0.4, 0.5) is 0 Å². The van der Waals surface area contributed by atoms with Gasteiger partial charge in [0.1, 0.15) is 10.8 Å². The standard InChI is InChI=1S/C18H28NO5PS/c1-14(2)12-25(23,24)13-15(18(21)22)8-5-3-4-6-11-26-17-16(20)9-7-10-19-17/h7-10,14,20H,3-6,11-13H2,1-2H3,(H,21,22)(H,23,24). The van der Waals surface area contributed by atoms with Crippen molar-refractivity contribution in [2.24, 2.45) is 5.92 Å². The molecule has 146 valence electrons. The molecule has 0 bridgehead atoms. The van der Waals surface area contributed by atoms with Crippen molar-refractivity contribution < 1.29 is 24.5 Å². The number of hydrogen-bond acceptors (Lipinski definition) is 5. The lowest BCUT2D eigenvalue weighted by atomic mass is 10.1. The van der Waals surface area contributed by atoms with Crippen molar-refractivity contribution in [3.63, 3.8) is 0 Å². The van der Waals surface area contributed by atoms with E-state index in [4.69, 9.17) is 0 Å². The van der Waals surface area contributed by atoms with Crippen LogP contribution in [0.1, 0.15) is 39.5 Å². The Labute approximate surface area is 159 Å². The molecule has 1 unspecified atom stereocenters. The van der Waals surface area contributed by atoms with Gasteiger partial charge in [-0.3, -0.25) is 4.57 Å². The lowest BCUT2D eigenvalue weighted by Gasteiger charge is -2.14. The van der Waals surface area contributed by atoms with Gasteiger partial charge in [0.15, 0.2) is 0 Å². The molecule has 0 amide bonds. The number of thioether (sulfide) groups is 1. The minimum absolute atomic E-state index is 0.0317. The van der Waals surface area contributed by atoms with Crippen molar-refractivity contribution in [1.29, 1.82) is 0 Å². The summed E-state index contributed by atoms with van der Waals surface area (Å²) in [5, 5.41) is 19.5. The Bertz CT molecular complexity index is 663. The van der Waals surface area contributed by atoms with E-state index in [2.05, 4.69) is 4.98 Å². The molecule has 0 radical (unpaired) electrons. The van der Waals surface area contributed by atoms with Crippen molar-refractivity contribution in [2.75, 3.05) is 18.1 Å². The smallest absolute Gasteiger partial charge is 0.331 e. The summed E-state index contributed by atoms with van der Waals surface area (Å²) in [6, 6.07) is 3.28. The lowest BCUT2D eigenvalue weighted by Crippen LogP contribution is -2.09. The average Bonchev–Trinajstić information content (AvgIpc) is 2.52. The van der Waals surface area contributed by atoms with E-state index < -0.39 is 13.3 Å². The first kappa shape index (κ1) is 22.7. The van der Waals surface area contributed by atoms with E-state index in [-0.39, 0.29) is 29.6 Å². The number of rotatable bonds is 12. The molecule has 0 aliphatic rings. The molecule has 0 aliphatic carbocycles. The SMILES string of the molecule is CC(C)CP(=O)(O)CC(=CCCCCCSc1ncccc1O)C(=O)O. The highest BCUT2D eigenvalue weighted by Gasteiger charge is 2.24. The number of aromatic hydroxyl groups is 1. The Morgan fingerprint density at radius 3 is 2.69 bits per heavy atom. The Morgan fingerprint density at radius 1 is 1.35 bits per heavy atom. The fourth-order valence-electron chi connectivity index (χ4n) is 2.48. The van der Waals surface area contributed by atoms with Gasteiger partial charge in [-0.2, -0.15) is 0 Å². The molecule has 6 nitrogen and oxygen atoms in total. The normalized spacial score (nSPS) is 14.4. The molecule has 0 saturated heterocycles. The largest absolute Gasteiger partial charge is 0.505 e. The van der Waals surface area contributed by atoms with Crippen molar-refractivity contribution in [1.82, 2.24) is 4.98 Å². The third-order valence-corrected chi connectivity index (χ3v) is 6.79. The number of carbonyl (C=O) groups is 1. The van der Waals surface area contributed by atoms with Crippen molar-refractivity contribution in [3.8, 4) is 5.75 Å². The molecular weight excluding hydrogens is 373 g/mol. The summed E-state index contributed by atoms with van der Waals surface area (Å²) in [5.41, 5.74) is 0.0317. The molecule has 0 saturated carbocycles. The fourth-order valence-corrected chi connectivity index (χ4v) is 5.44. The van der Waals surface area contributed by atoms with Crippen LogP contribution in [0.2, 0.25) is 0 Å². The lowest BCUT2D eigenvalue weighted by molar-refractivity contribution is -0.132. The second kappa shape index (κ2) is 11.4. The number of aromatic nitrogens is 1. The number of carboxylic acid groups (broad SMARTS) is 1. The van der Waals surface area contributed by atoms with Crippen molar-refractivity contribution in [2.45, 2.75) is 44.6 Å². The highest BCUT2D eigenvalue weighted by molar-refractivity contribution is 7.99. The van der Waals surface area contributed by atoms with Crippen LogP contribution in [-0.4, -0.2) is 44.1 Å². The molecule has 3 N–H and O–H groups in total. The first-order valence-electron chi connectivity index (χ1n) is 8.71. The van der Waals surface area contributed by atoms with Crippen LogP contribution in [0.5, 0.6) is 5.75 Å². The number of nitrogens with zero attached hydrogens (tertiary/aromatic N) is 1. The quantitative estimate of drug-likeness (QED) is 0.206. The minimum atomic E-state index is -3.45. The molecule has 1 heterocycles. The van der Waals surface area contributed by atoms with Gasteiger partial charge in [0.05, 0.1) is 6.16 Å². The van der Waals surface area contributed by atoms with Crippen LogP contribution in [0.25, 0.3) is 0 Å². The molecular formula is C18H28NO5PS. The van der Waals surface area contributed by atoms with Crippen LogP contribution in [0, 0.1) is 5.92 Å². The maximum Gasteiger partial charge on any atom is 0.331 e. The molecule has 1 atom stereocenters. The summed E-state index contributed by atoms with van der Waals surface area (Å²) in [6.45, 7) is 3.69. The Balaban J connectivity index is 2.34. The van der Waals surface area contributed by atoms with Gasteiger partial charge in [-0.1, -0.05) is 26.3 Å². The zero-order chi connectivity index (χ0) is 19.6. The second-order valence-corrected chi connectivity index (χ2v) is 10.1. The predicted molar refractivity (Wildman–Crippen MR) is 105 cm³/mol. The van der Waals surface area contributed by atoms with E-state index in [9.17, 15) is 24.5 Å². The van der Waals surface area contributed by atoms with Crippen LogP contribution >= 0.6 is 19.1 Å². The van der Waals surface area contributed by atoms with Gasteiger partial charge in [0, 0.05) is 17.9 Å². The molecule has 0 aliphatic heterocycles. The van der Waals surface area contributed by atoms with Gasteiger partial charge in [-0.25, -0.2) is 9.78 Å². The number of allylic oxidation sites excluding steroid dienone is 1. The highest BCUT2D eigenvalue weighted by Crippen LogP contribution is 2.44. The number of hydrogen-bond donors (Lipinski definition) is 3. The summed E-state index contributed by atoms with van der Waals surface area (Å²) in [5.74, 6) is -0.0668. The highest BCUT2D eigenvalue weighted by atomic mass is 32.2. The van der Waals surface area contributed by atoms with E-state index in [0.717, 1.165) is 25.0 Å². The Kier molecular flexibility index (Phi) is 9.99. The third kappa shape index (κ3) is 9.41. The van der Waals surface area contributed by atoms with Crippen LogP contribution < -0.4 is 0 Å². The van der Waals surface area contributed by atoms with Gasteiger partial charge in [0.2, 0.25) is 7.37 Å². The topological polar surface area (TPSA) is 108 Å². The molecule has 0 fully saturated rings. The monoisotopic (exact) mass is 401 g/mol. The molecule has 1 aromatic rings. The van der Waals surface area contributed by atoms with Crippen LogP contribution in [0.3, 0.4) is 0 Å². The fraction of sp³-hybridized carbons (Fsp3) is 0.556. The van der Waals surface area contributed by atoms with Crippen molar-refractivity contribution in [3.05, 3.63) is 30.0 Å². The van der Waals surface area contributed by atoms with Crippen LogP contribution in [-0.2, 0) is 9.36 Å². The maximum absolute atomic E-state index is 12.1. The maximum atomic E-state index is 12.1. The van der Waals surface area contributed by atoms with Gasteiger partial charge in [0.25, 0.3) is 0 Å². The number of pyridine rings is 1. The van der Waals surface area contributed by atoms with Gasteiger partial charge >= 0.3 is 5.97 Å². The molecule has 0 aromatic carbocycles. The first-order valence-corrected chi connectivity index (χ1v) is 11.7. The average molecular weight is 401 g/mol. The second-order valence-electron chi connectivity index (χ2n) is 6.64. The van der Waals surface area contributed by atoms with E-state index in [1.54, 1.807) is 24.4 Å². The molecule has 0 spiro atoms. The van der Waals surface area contributed by atoms with Gasteiger partial charge in [-0.15, -0.1) is 11.8 Å². The van der Waals surface area contributed by atoms with Crippen LogP contribution in [0.15, 0.2) is 35.0 Å². The van der Waals surface area contributed by atoms with E-state index in [1.165, 1.54) is 11.8 Å². The summed E-state index contributed by atoms with van der Waals surface area (Å²) < 4.78 is 12.1. The number of carboxylic acids is 1. The molecule has 1 rings (SSSR count). The summed E-state index contributed by atoms with van der Waals surface area (Å²) in [4.78, 5) is 25.3. The molecule has 26 heavy (non-hydrogen) atoms. The van der Waals surface area contributed by atoms with Gasteiger partial charge < -0.3 is 15.1 Å². The minimum Gasteiger partial charge on any atom is -0.505 e. The zero-order valence-corrected chi connectivity index (χ0v) is 17.0. The van der Waals surface area contributed by atoms with E-state index in [0.29, 0.717) is 11.4 Å². The number of unbranched alkanes of at least 4 members (excludes halogenated alkanes) is 3. The zero-order valence-electron chi connectivity index (χ0n) is 15.3. The first-order chi connectivity index (χ1) is 12.2. The summed E-state index contributed by atoms with van der Waals surface area (Å²) in [6.07, 6.45) is 6.29. The Morgan fingerprint density at radius 2 is 2.08 bits per heavy atom. The number of aliphatic carboxylic acids is 1. The third-order valence-electron chi connectivity index (χ3n) is 3.57. The molecule has 1 aromatic heterocycles.